The molecule has 0 atom stereocenters. The van der Waals surface area contributed by atoms with Gasteiger partial charge in [-0.05, 0) is 59.7 Å². The first-order valence-corrected chi connectivity index (χ1v) is 12.7. The van der Waals surface area contributed by atoms with Gasteiger partial charge in [-0.1, -0.05) is 24.3 Å². The van der Waals surface area contributed by atoms with Crippen molar-refractivity contribution in [3.63, 3.8) is 0 Å². The van der Waals surface area contributed by atoms with Crippen molar-refractivity contribution in [3.05, 3.63) is 84.4 Å². The highest BCUT2D eigenvalue weighted by Gasteiger charge is 2.42. The Kier molecular flexibility index (Phi) is 7.31. The molecule has 0 aliphatic carbocycles. The molecule has 3 aromatic carbocycles. The predicted octanol–water partition coefficient (Wildman–Crippen LogP) is 7.15. The number of nitrogens with zero attached hydrogens (tertiary/aromatic N) is 3. The third kappa shape index (κ3) is 5.73. The zero-order chi connectivity index (χ0) is 30.4. The zero-order valence-corrected chi connectivity index (χ0v) is 22.8. The Morgan fingerprint density at radius 1 is 0.929 bits per heavy atom. The van der Waals surface area contributed by atoms with Crippen LogP contribution in [0.5, 0.6) is 5.75 Å². The second-order valence-electron chi connectivity index (χ2n) is 9.27. The molecule has 13 heteroatoms. The molecule has 5 rings (SSSR count). The Bertz CT molecular complexity index is 1800. The second kappa shape index (κ2) is 10.6. The highest BCUT2D eigenvalue weighted by atomic mass is 32.1. The zero-order valence-electron chi connectivity index (χ0n) is 21.9. The van der Waals surface area contributed by atoms with E-state index in [2.05, 4.69) is 27.4 Å². The van der Waals surface area contributed by atoms with Crippen LogP contribution in [-0.4, -0.2) is 27.0 Å². The lowest BCUT2D eigenvalue weighted by Gasteiger charge is -2.13. The lowest BCUT2D eigenvalue weighted by atomic mass is 9.94. The molecular weight excluding hydrogens is 579 g/mol. The van der Waals surface area contributed by atoms with Crippen LogP contribution in [0.1, 0.15) is 11.6 Å². The minimum Gasteiger partial charge on any atom is -0.440 e. The van der Waals surface area contributed by atoms with E-state index in [4.69, 9.17) is 10.2 Å². The van der Waals surface area contributed by atoms with Crippen LogP contribution in [0.25, 0.3) is 45.0 Å². The SMILES string of the molecule is Cc1nc(-c2ccc(OC(F)(F)F)cc2)c(-c2cc(-c3cccc(S)c3)ccc2-c2cc(C(F)(F)C(N)=O)nn2C)o1. The predicted molar refractivity (Wildman–Crippen MR) is 147 cm³/mol. The molecule has 0 unspecified atom stereocenters. The number of rotatable bonds is 7. The monoisotopic (exact) mass is 600 g/mol. The summed E-state index contributed by atoms with van der Waals surface area (Å²) >= 11 is 4.41. The summed E-state index contributed by atoms with van der Waals surface area (Å²) in [5.74, 6) is -5.81. The van der Waals surface area contributed by atoms with Crippen LogP contribution < -0.4 is 10.5 Å². The van der Waals surface area contributed by atoms with E-state index >= 15 is 0 Å². The molecule has 1 amide bonds. The van der Waals surface area contributed by atoms with E-state index in [1.807, 2.05) is 24.3 Å². The van der Waals surface area contributed by atoms with Gasteiger partial charge in [-0.2, -0.15) is 13.9 Å². The van der Waals surface area contributed by atoms with E-state index in [0.717, 1.165) is 29.3 Å². The molecule has 2 aromatic heterocycles. The Morgan fingerprint density at radius 3 is 2.24 bits per heavy atom. The van der Waals surface area contributed by atoms with Crippen LogP contribution in [-0.2, 0) is 17.8 Å². The summed E-state index contributed by atoms with van der Waals surface area (Å²) < 4.78 is 78.2. The summed E-state index contributed by atoms with van der Waals surface area (Å²) in [7, 11) is 1.43. The summed E-state index contributed by atoms with van der Waals surface area (Å²) in [6.45, 7) is 1.59. The Hall–Kier alpha value is -4.65. The maximum Gasteiger partial charge on any atom is 0.573 e. The molecule has 0 aliphatic heterocycles. The van der Waals surface area contributed by atoms with Crippen molar-refractivity contribution in [2.24, 2.45) is 12.8 Å². The lowest BCUT2D eigenvalue weighted by Crippen LogP contribution is -2.33. The number of hydrogen-bond acceptors (Lipinski definition) is 6. The topological polar surface area (TPSA) is 96.2 Å². The number of aryl methyl sites for hydroxylation is 2. The van der Waals surface area contributed by atoms with Crippen molar-refractivity contribution in [2.45, 2.75) is 24.1 Å². The number of hydrogen-bond donors (Lipinski definition) is 2. The van der Waals surface area contributed by atoms with Crippen LogP contribution in [0.2, 0.25) is 0 Å². The van der Waals surface area contributed by atoms with Crippen molar-refractivity contribution in [1.82, 2.24) is 14.8 Å². The molecule has 0 aliphatic rings. The van der Waals surface area contributed by atoms with Gasteiger partial charge >= 0.3 is 12.3 Å². The highest BCUT2D eigenvalue weighted by Crippen LogP contribution is 2.42. The molecule has 0 radical (unpaired) electrons. The molecule has 2 heterocycles. The van der Waals surface area contributed by atoms with Gasteiger partial charge in [-0.25, -0.2) is 4.98 Å². The van der Waals surface area contributed by atoms with Crippen molar-refractivity contribution in [2.75, 3.05) is 0 Å². The quantitative estimate of drug-likeness (QED) is 0.153. The molecule has 0 spiro atoms. The van der Waals surface area contributed by atoms with Gasteiger partial charge in [0, 0.05) is 35.6 Å². The number of thiol groups is 1. The summed E-state index contributed by atoms with van der Waals surface area (Å²) in [5, 5.41) is 3.84. The fraction of sp³-hybridized carbons (Fsp3) is 0.138. The number of carbonyl (C=O) groups excluding carboxylic acids is 1. The maximum absolute atomic E-state index is 14.5. The minimum atomic E-state index is -4.86. The minimum absolute atomic E-state index is 0.212. The normalized spacial score (nSPS) is 12.0. The first-order chi connectivity index (χ1) is 19.7. The largest absolute Gasteiger partial charge is 0.573 e. The Balaban J connectivity index is 1.71. The maximum atomic E-state index is 14.5. The van der Waals surface area contributed by atoms with Crippen LogP contribution in [0.3, 0.4) is 0 Å². The first-order valence-electron chi connectivity index (χ1n) is 12.2. The van der Waals surface area contributed by atoms with E-state index in [1.54, 1.807) is 25.1 Å². The molecule has 0 fully saturated rings. The standard InChI is InChI=1S/C29H21F5N4O3S/c1-15-36-25(16-6-9-19(10-7-16)41-29(32,33)34)26(40-15)22-13-18(17-4-3-5-20(42)12-17)8-11-21(22)23-14-24(37-38(23)2)28(30,31)27(35)39/h3-14,42H,1-2H3,(H2,35,39). The first kappa shape index (κ1) is 28.9. The van der Waals surface area contributed by atoms with Gasteiger partial charge in [0.2, 0.25) is 0 Å². The lowest BCUT2D eigenvalue weighted by molar-refractivity contribution is -0.274. The number of benzene rings is 3. The van der Waals surface area contributed by atoms with Gasteiger partial charge in [-0.3, -0.25) is 9.48 Å². The molecule has 216 valence electrons. The Labute approximate surface area is 241 Å². The van der Waals surface area contributed by atoms with E-state index in [-0.39, 0.29) is 23.0 Å². The molecule has 0 saturated heterocycles. The fourth-order valence-electron chi connectivity index (χ4n) is 4.44. The second-order valence-corrected chi connectivity index (χ2v) is 9.79. The van der Waals surface area contributed by atoms with E-state index in [1.165, 1.54) is 23.9 Å². The molecule has 2 N–H and O–H groups in total. The third-order valence-electron chi connectivity index (χ3n) is 6.33. The number of aromatic nitrogens is 3. The molecule has 0 bridgehead atoms. The summed E-state index contributed by atoms with van der Waals surface area (Å²) in [6.07, 6.45) is -4.86. The van der Waals surface area contributed by atoms with Crippen LogP contribution in [0, 0.1) is 6.92 Å². The number of carbonyl (C=O) groups is 1. The molecule has 7 nitrogen and oxygen atoms in total. The molecule has 0 saturated carbocycles. The van der Waals surface area contributed by atoms with Gasteiger partial charge in [0.25, 0.3) is 5.91 Å². The van der Waals surface area contributed by atoms with Crippen LogP contribution in [0.15, 0.2) is 82.1 Å². The van der Waals surface area contributed by atoms with Gasteiger partial charge in [0.1, 0.15) is 17.1 Å². The summed E-state index contributed by atoms with van der Waals surface area (Å²) in [4.78, 5) is 16.6. The summed E-state index contributed by atoms with van der Waals surface area (Å²) in [6, 6.07) is 18.7. The number of amides is 1. The average molecular weight is 601 g/mol. The van der Waals surface area contributed by atoms with Crippen molar-refractivity contribution >= 4 is 18.5 Å². The van der Waals surface area contributed by atoms with Gasteiger partial charge in [0.05, 0.1) is 5.69 Å². The highest BCUT2D eigenvalue weighted by molar-refractivity contribution is 7.80. The number of nitrogens with two attached hydrogens (primary N) is 1. The number of ether oxygens (including phenoxy) is 1. The Morgan fingerprint density at radius 2 is 1.60 bits per heavy atom. The fourth-order valence-corrected chi connectivity index (χ4v) is 4.66. The number of oxazole rings is 1. The van der Waals surface area contributed by atoms with Gasteiger partial charge in [0.15, 0.2) is 11.7 Å². The van der Waals surface area contributed by atoms with Crippen molar-refractivity contribution in [1.29, 1.82) is 0 Å². The third-order valence-corrected chi connectivity index (χ3v) is 6.60. The smallest absolute Gasteiger partial charge is 0.440 e. The van der Waals surface area contributed by atoms with Gasteiger partial charge in [-0.15, -0.1) is 25.8 Å². The number of primary amides is 1. The van der Waals surface area contributed by atoms with E-state index in [9.17, 15) is 26.7 Å². The van der Waals surface area contributed by atoms with E-state index in [0.29, 0.717) is 21.6 Å². The van der Waals surface area contributed by atoms with Crippen molar-refractivity contribution in [3.8, 4) is 50.7 Å². The summed E-state index contributed by atoms with van der Waals surface area (Å²) in [5.41, 5.74) is 7.33. The van der Waals surface area contributed by atoms with E-state index < -0.39 is 29.6 Å². The number of alkyl halides is 5. The van der Waals surface area contributed by atoms with Crippen LogP contribution in [0.4, 0.5) is 22.0 Å². The molecule has 42 heavy (non-hydrogen) atoms. The molecular formula is C29H21F5N4O3S. The van der Waals surface area contributed by atoms with Gasteiger partial charge < -0.3 is 14.9 Å². The molecule has 5 aromatic rings. The number of halogens is 5. The van der Waals surface area contributed by atoms with Crippen molar-refractivity contribution < 1.29 is 35.9 Å². The van der Waals surface area contributed by atoms with Crippen LogP contribution >= 0.6 is 12.6 Å². The average Bonchev–Trinajstić information content (AvgIpc) is 3.50.